The number of ether oxygens (including phenoxy) is 1. The molecule has 0 fully saturated rings. The molecule has 7 nitrogen and oxygen atoms in total. The number of sulfone groups is 1. The highest BCUT2D eigenvalue weighted by Gasteiger charge is 2.21. The SMILES string of the molecule is CS(=O)(=O)c1cc(Oc2ccccc2)ccc1CCC(=O)N[C@@H](Cc1ccccc1)C(=O)O. The number of aryl methyl sites for hydroxylation is 1. The normalized spacial score (nSPS) is 12.0. The van der Waals surface area contributed by atoms with E-state index in [0.29, 0.717) is 17.1 Å². The van der Waals surface area contributed by atoms with E-state index in [1.54, 1.807) is 48.5 Å². The van der Waals surface area contributed by atoms with E-state index >= 15 is 0 Å². The van der Waals surface area contributed by atoms with E-state index in [-0.39, 0.29) is 24.2 Å². The maximum atomic E-state index is 12.4. The number of carboxylic acids is 1. The van der Waals surface area contributed by atoms with Crippen LogP contribution >= 0.6 is 0 Å². The average molecular weight is 468 g/mol. The molecule has 0 bridgehead atoms. The van der Waals surface area contributed by atoms with Crippen LogP contribution in [0.3, 0.4) is 0 Å². The van der Waals surface area contributed by atoms with E-state index in [1.165, 1.54) is 6.07 Å². The van der Waals surface area contributed by atoms with E-state index in [4.69, 9.17) is 4.74 Å². The van der Waals surface area contributed by atoms with Gasteiger partial charge in [0.15, 0.2) is 9.84 Å². The number of carbonyl (C=O) groups excluding carboxylic acids is 1. The fraction of sp³-hybridized carbons (Fsp3) is 0.200. The Balaban J connectivity index is 1.69. The highest BCUT2D eigenvalue weighted by molar-refractivity contribution is 7.90. The van der Waals surface area contributed by atoms with Crippen molar-refractivity contribution in [3.05, 3.63) is 90.0 Å². The molecule has 8 heteroatoms. The van der Waals surface area contributed by atoms with Gasteiger partial charge in [-0.1, -0.05) is 54.6 Å². The van der Waals surface area contributed by atoms with E-state index in [9.17, 15) is 23.1 Å². The van der Waals surface area contributed by atoms with Crippen LogP contribution in [-0.4, -0.2) is 37.7 Å². The van der Waals surface area contributed by atoms with Crippen LogP contribution in [0.15, 0.2) is 83.8 Å². The Morgan fingerprint density at radius 2 is 1.58 bits per heavy atom. The second-order valence-corrected chi connectivity index (χ2v) is 9.59. The number of rotatable bonds is 10. The minimum atomic E-state index is -3.58. The lowest BCUT2D eigenvalue weighted by atomic mass is 10.1. The van der Waals surface area contributed by atoms with E-state index in [2.05, 4.69) is 5.32 Å². The van der Waals surface area contributed by atoms with Crippen LogP contribution in [0.5, 0.6) is 11.5 Å². The van der Waals surface area contributed by atoms with Crippen LogP contribution in [0.1, 0.15) is 17.5 Å². The molecule has 2 N–H and O–H groups in total. The number of nitrogens with one attached hydrogen (secondary N) is 1. The molecule has 0 aliphatic rings. The number of aliphatic carboxylic acids is 1. The van der Waals surface area contributed by atoms with Gasteiger partial charge in [0.1, 0.15) is 17.5 Å². The Morgan fingerprint density at radius 1 is 0.939 bits per heavy atom. The third kappa shape index (κ3) is 7.18. The Hall–Kier alpha value is -3.65. The third-order valence-electron chi connectivity index (χ3n) is 4.95. The lowest BCUT2D eigenvalue weighted by molar-refractivity contribution is -0.141. The molecule has 3 rings (SSSR count). The smallest absolute Gasteiger partial charge is 0.326 e. The van der Waals surface area contributed by atoms with Crippen LogP contribution in [0.25, 0.3) is 0 Å². The molecular formula is C25H25NO6S. The molecule has 1 amide bonds. The first-order valence-electron chi connectivity index (χ1n) is 10.3. The van der Waals surface area contributed by atoms with Crippen molar-refractivity contribution >= 4 is 21.7 Å². The predicted molar refractivity (Wildman–Crippen MR) is 124 cm³/mol. The molecule has 0 spiro atoms. The predicted octanol–water partition coefficient (Wildman–Crippen LogP) is 3.63. The highest BCUT2D eigenvalue weighted by atomic mass is 32.2. The minimum Gasteiger partial charge on any atom is -0.480 e. The second-order valence-electron chi connectivity index (χ2n) is 7.60. The number of benzene rings is 3. The van der Waals surface area contributed by atoms with Crippen molar-refractivity contribution in [2.75, 3.05) is 6.26 Å². The topological polar surface area (TPSA) is 110 Å². The number of carboxylic acid groups (broad SMARTS) is 1. The van der Waals surface area contributed by atoms with Crippen LogP contribution in [0, 0.1) is 0 Å². The van der Waals surface area contributed by atoms with Crippen molar-refractivity contribution in [3.8, 4) is 11.5 Å². The summed E-state index contributed by atoms with van der Waals surface area (Å²) in [6.07, 6.45) is 1.33. The van der Waals surface area contributed by atoms with Crippen molar-refractivity contribution in [2.24, 2.45) is 0 Å². The quantitative estimate of drug-likeness (QED) is 0.471. The van der Waals surface area contributed by atoms with Crippen LogP contribution < -0.4 is 10.1 Å². The molecule has 0 unspecified atom stereocenters. The van der Waals surface area contributed by atoms with Gasteiger partial charge in [-0.15, -0.1) is 0 Å². The maximum absolute atomic E-state index is 12.4. The van der Waals surface area contributed by atoms with E-state index in [1.807, 2.05) is 24.3 Å². The Kier molecular flexibility index (Phi) is 7.84. The van der Waals surface area contributed by atoms with E-state index < -0.39 is 27.8 Å². The standard InChI is InChI=1S/C25H25NO6S/c1-33(30,31)23-17-21(32-20-10-6-3-7-11-20)14-12-19(23)13-15-24(27)26-22(25(28)29)16-18-8-4-2-5-9-18/h2-12,14,17,22H,13,15-16H2,1H3,(H,26,27)(H,28,29)/t22-/m0/s1. The summed E-state index contributed by atoms with van der Waals surface area (Å²) < 4.78 is 30.4. The number of amides is 1. The summed E-state index contributed by atoms with van der Waals surface area (Å²) in [4.78, 5) is 24.1. The van der Waals surface area contributed by atoms with Gasteiger partial charge in [0, 0.05) is 19.1 Å². The zero-order chi connectivity index (χ0) is 23.8. The second kappa shape index (κ2) is 10.8. The molecule has 0 aromatic heterocycles. The van der Waals surface area contributed by atoms with Crippen molar-refractivity contribution in [1.82, 2.24) is 5.32 Å². The van der Waals surface area contributed by atoms with Crippen molar-refractivity contribution in [3.63, 3.8) is 0 Å². The number of hydrogen-bond donors (Lipinski definition) is 2. The summed E-state index contributed by atoms with van der Waals surface area (Å²) in [6.45, 7) is 0. The number of carbonyl (C=O) groups is 2. The third-order valence-corrected chi connectivity index (χ3v) is 6.13. The summed E-state index contributed by atoms with van der Waals surface area (Å²) in [5.74, 6) is -0.667. The largest absolute Gasteiger partial charge is 0.480 e. The summed E-state index contributed by atoms with van der Waals surface area (Å²) in [5.41, 5.74) is 1.25. The summed E-state index contributed by atoms with van der Waals surface area (Å²) in [7, 11) is -3.58. The Labute approximate surface area is 193 Å². The summed E-state index contributed by atoms with van der Waals surface area (Å²) in [5, 5.41) is 12.0. The first-order chi connectivity index (χ1) is 15.7. The molecule has 1 atom stereocenters. The number of para-hydroxylation sites is 1. The first-order valence-corrected chi connectivity index (χ1v) is 12.2. The van der Waals surface area contributed by atoms with Gasteiger partial charge in [-0.25, -0.2) is 13.2 Å². The van der Waals surface area contributed by atoms with Gasteiger partial charge in [-0.05, 0) is 41.8 Å². The van der Waals surface area contributed by atoms with Gasteiger partial charge in [0.05, 0.1) is 4.90 Å². The van der Waals surface area contributed by atoms with Crippen molar-refractivity contribution in [1.29, 1.82) is 0 Å². The van der Waals surface area contributed by atoms with Gasteiger partial charge in [-0.3, -0.25) is 4.79 Å². The molecule has 0 radical (unpaired) electrons. The Morgan fingerprint density at radius 3 is 2.18 bits per heavy atom. The monoisotopic (exact) mass is 467 g/mol. The van der Waals surface area contributed by atoms with Crippen molar-refractivity contribution in [2.45, 2.75) is 30.2 Å². The molecule has 3 aromatic rings. The molecule has 0 aliphatic carbocycles. The van der Waals surface area contributed by atoms with Crippen LogP contribution in [0.4, 0.5) is 0 Å². The average Bonchev–Trinajstić information content (AvgIpc) is 2.78. The molecule has 0 saturated heterocycles. The van der Waals surface area contributed by atoms with Gasteiger partial charge in [0.2, 0.25) is 5.91 Å². The van der Waals surface area contributed by atoms with Gasteiger partial charge >= 0.3 is 5.97 Å². The van der Waals surface area contributed by atoms with Gasteiger partial charge in [0.25, 0.3) is 0 Å². The zero-order valence-electron chi connectivity index (χ0n) is 18.1. The number of hydrogen-bond acceptors (Lipinski definition) is 5. The molecule has 0 aliphatic heterocycles. The van der Waals surface area contributed by atoms with Gasteiger partial charge < -0.3 is 15.2 Å². The van der Waals surface area contributed by atoms with Gasteiger partial charge in [-0.2, -0.15) is 0 Å². The lowest BCUT2D eigenvalue weighted by Crippen LogP contribution is -2.42. The molecule has 33 heavy (non-hydrogen) atoms. The molecular weight excluding hydrogens is 442 g/mol. The summed E-state index contributed by atoms with van der Waals surface area (Å²) in [6, 6.07) is 21.6. The lowest BCUT2D eigenvalue weighted by Gasteiger charge is -2.15. The first kappa shape index (κ1) is 24.0. The fourth-order valence-electron chi connectivity index (χ4n) is 3.34. The Bertz CT molecular complexity index is 1210. The molecule has 0 saturated carbocycles. The minimum absolute atomic E-state index is 0.0556. The highest BCUT2D eigenvalue weighted by Crippen LogP contribution is 2.27. The summed E-state index contributed by atoms with van der Waals surface area (Å²) >= 11 is 0. The van der Waals surface area contributed by atoms with Crippen LogP contribution in [0.2, 0.25) is 0 Å². The van der Waals surface area contributed by atoms with E-state index in [0.717, 1.165) is 11.8 Å². The molecule has 172 valence electrons. The maximum Gasteiger partial charge on any atom is 0.326 e. The molecule has 0 heterocycles. The van der Waals surface area contributed by atoms with Crippen molar-refractivity contribution < 1.29 is 27.9 Å². The zero-order valence-corrected chi connectivity index (χ0v) is 18.9. The van der Waals surface area contributed by atoms with Crippen LogP contribution in [-0.2, 0) is 32.3 Å². The molecule has 3 aromatic carbocycles. The fourth-order valence-corrected chi connectivity index (χ4v) is 4.32.